The van der Waals surface area contributed by atoms with Crippen molar-refractivity contribution in [3.8, 4) is 0 Å². The molecule has 1 fully saturated rings. The third-order valence-corrected chi connectivity index (χ3v) is 4.71. The first-order valence-electron chi connectivity index (χ1n) is 7.43. The molecule has 1 aliphatic rings. The fourth-order valence-corrected chi connectivity index (χ4v) is 3.14. The molecule has 1 N–H and O–H groups in total. The average molecular weight is 265 g/mol. The second-order valence-electron chi connectivity index (χ2n) is 5.83. The molecule has 4 nitrogen and oxygen atoms in total. The fraction of sp³-hybridized carbons (Fsp3) is 0.800. The summed E-state index contributed by atoms with van der Waals surface area (Å²) >= 11 is 0. The van der Waals surface area contributed by atoms with Gasteiger partial charge < -0.3 is 9.84 Å². The molecule has 1 aliphatic heterocycles. The van der Waals surface area contributed by atoms with E-state index in [2.05, 4.69) is 36.1 Å². The first kappa shape index (κ1) is 14.5. The molecular weight excluding hydrogens is 238 g/mol. The highest BCUT2D eigenvalue weighted by atomic mass is 16.5. The predicted molar refractivity (Wildman–Crippen MR) is 77.1 cm³/mol. The van der Waals surface area contributed by atoms with Crippen molar-refractivity contribution < 1.29 is 4.52 Å². The molecule has 3 atom stereocenters. The lowest BCUT2D eigenvalue weighted by molar-refractivity contribution is 0.0785. The number of nitrogens with one attached hydrogen (secondary N) is 1. The monoisotopic (exact) mass is 265 g/mol. The summed E-state index contributed by atoms with van der Waals surface area (Å²) in [5.41, 5.74) is 2.30. The number of rotatable bonds is 4. The van der Waals surface area contributed by atoms with E-state index in [0.29, 0.717) is 18.0 Å². The molecule has 1 saturated heterocycles. The van der Waals surface area contributed by atoms with E-state index in [1.54, 1.807) is 0 Å². The number of hydrogen-bond donors (Lipinski definition) is 1. The molecule has 2 rings (SSSR count). The lowest BCUT2D eigenvalue weighted by atomic mass is 9.86. The molecule has 19 heavy (non-hydrogen) atoms. The molecule has 0 spiro atoms. The van der Waals surface area contributed by atoms with Crippen molar-refractivity contribution in [2.24, 2.45) is 5.92 Å². The van der Waals surface area contributed by atoms with Gasteiger partial charge in [0, 0.05) is 30.7 Å². The number of aryl methyl sites for hydroxylation is 2. The molecule has 0 bridgehead atoms. The van der Waals surface area contributed by atoms with Gasteiger partial charge in [-0.05, 0) is 39.7 Å². The zero-order valence-corrected chi connectivity index (χ0v) is 12.9. The molecule has 1 aromatic rings. The fourth-order valence-electron chi connectivity index (χ4n) is 3.14. The Morgan fingerprint density at radius 2 is 2.11 bits per heavy atom. The second kappa shape index (κ2) is 6.06. The highest BCUT2D eigenvalue weighted by Gasteiger charge is 2.32. The summed E-state index contributed by atoms with van der Waals surface area (Å²) < 4.78 is 5.27. The van der Waals surface area contributed by atoms with Gasteiger partial charge in [-0.1, -0.05) is 19.0 Å². The van der Waals surface area contributed by atoms with Crippen LogP contribution in [0.5, 0.6) is 0 Å². The highest BCUT2D eigenvalue weighted by molar-refractivity contribution is 5.20. The van der Waals surface area contributed by atoms with Crippen molar-refractivity contribution in [1.82, 2.24) is 15.4 Å². The molecule has 0 aliphatic carbocycles. The van der Waals surface area contributed by atoms with Crippen LogP contribution >= 0.6 is 0 Å². The van der Waals surface area contributed by atoms with Crippen LogP contribution in [0.3, 0.4) is 0 Å². The molecule has 0 amide bonds. The Labute approximate surface area is 116 Å². The molecule has 0 saturated carbocycles. The van der Waals surface area contributed by atoms with Crippen molar-refractivity contribution in [2.75, 3.05) is 13.1 Å². The maximum atomic E-state index is 5.27. The van der Waals surface area contributed by atoms with Crippen molar-refractivity contribution in [1.29, 1.82) is 0 Å². The van der Waals surface area contributed by atoms with Crippen LogP contribution in [0.1, 0.15) is 44.2 Å². The van der Waals surface area contributed by atoms with Crippen molar-refractivity contribution in [2.45, 2.75) is 59.7 Å². The first-order chi connectivity index (χ1) is 9.04. The zero-order valence-electron chi connectivity index (χ0n) is 12.9. The molecular formula is C15H27N3O. The van der Waals surface area contributed by atoms with Crippen molar-refractivity contribution in [3.63, 3.8) is 0 Å². The van der Waals surface area contributed by atoms with Gasteiger partial charge in [-0.2, -0.15) is 0 Å². The number of nitrogens with zero attached hydrogens (tertiary/aromatic N) is 2. The summed E-state index contributed by atoms with van der Waals surface area (Å²) in [6.07, 6.45) is 1.22. The van der Waals surface area contributed by atoms with Gasteiger partial charge in [0.15, 0.2) is 0 Å². The largest absolute Gasteiger partial charge is 0.361 e. The number of likely N-dealkylation sites (tertiary alicyclic amines) is 1. The summed E-state index contributed by atoms with van der Waals surface area (Å²) in [7, 11) is 0. The Morgan fingerprint density at radius 1 is 1.37 bits per heavy atom. The van der Waals surface area contributed by atoms with Crippen molar-refractivity contribution >= 4 is 0 Å². The highest BCUT2D eigenvalue weighted by Crippen LogP contribution is 2.26. The van der Waals surface area contributed by atoms with Crippen LogP contribution in [0, 0.1) is 19.8 Å². The van der Waals surface area contributed by atoms with E-state index >= 15 is 0 Å². The van der Waals surface area contributed by atoms with Gasteiger partial charge in [0.1, 0.15) is 5.76 Å². The summed E-state index contributed by atoms with van der Waals surface area (Å²) in [6, 6.07) is 1.24. The smallest absolute Gasteiger partial charge is 0.138 e. The van der Waals surface area contributed by atoms with Crippen LogP contribution in [0.15, 0.2) is 4.52 Å². The molecule has 2 heterocycles. The maximum absolute atomic E-state index is 5.27. The molecule has 0 aromatic carbocycles. The normalized spacial score (nSPS) is 28.8. The maximum Gasteiger partial charge on any atom is 0.138 e. The van der Waals surface area contributed by atoms with Gasteiger partial charge in [0.05, 0.1) is 5.69 Å². The zero-order chi connectivity index (χ0) is 14.0. The van der Waals surface area contributed by atoms with Crippen LogP contribution < -0.4 is 5.32 Å². The molecule has 1 aromatic heterocycles. The quantitative estimate of drug-likeness (QED) is 0.908. The Balaban J connectivity index is 2.03. The van der Waals surface area contributed by atoms with E-state index in [1.807, 2.05) is 13.8 Å². The van der Waals surface area contributed by atoms with E-state index in [0.717, 1.165) is 31.1 Å². The minimum atomic E-state index is 0.589. The average Bonchev–Trinajstić information content (AvgIpc) is 2.70. The summed E-state index contributed by atoms with van der Waals surface area (Å²) in [4.78, 5) is 2.56. The Kier molecular flexibility index (Phi) is 4.63. The Hall–Kier alpha value is -0.870. The van der Waals surface area contributed by atoms with Crippen molar-refractivity contribution in [3.05, 3.63) is 17.0 Å². The summed E-state index contributed by atoms with van der Waals surface area (Å²) in [5, 5.41) is 7.67. The van der Waals surface area contributed by atoms with E-state index in [9.17, 15) is 0 Å². The number of hydrogen-bond acceptors (Lipinski definition) is 4. The molecule has 3 unspecified atom stereocenters. The van der Waals surface area contributed by atoms with E-state index < -0.39 is 0 Å². The van der Waals surface area contributed by atoms with Crippen LogP contribution in [-0.4, -0.2) is 35.2 Å². The lowest BCUT2D eigenvalue weighted by Gasteiger charge is -2.43. The predicted octanol–water partition coefficient (Wildman–Crippen LogP) is 2.50. The molecule has 0 radical (unpaired) electrons. The van der Waals surface area contributed by atoms with Gasteiger partial charge >= 0.3 is 0 Å². The third-order valence-electron chi connectivity index (χ3n) is 4.71. The topological polar surface area (TPSA) is 41.3 Å². The SMILES string of the molecule is CCNC1CCN(Cc2c(C)noc2C)C(C)C1C. The van der Waals surface area contributed by atoms with Gasteiger partial charge in [-0.15, -0.1) is 0 Å². The van der Waals surface area contributed by atoms with E-state index in [-0.39, 0.29) is 0 Å². The van der Waals surface area contributed by atoms with Gasteiger partial charge in [0.25, 0.3) is 0 Å². The van der Waals surface area contributed by atoms with Crippen LogP contribution in [0.25, 0.3) is 0 Å². The number of aromatic nitrogens is 1. The van der Waals surface area contributed by atoms with Gasteiger partial charge in [-0.3, -0.25) is 4.90 Å². The second-order valence-corrected chi connectivity index (χ2v) is 5.83. The lowest BCUT2D eigenvalue weighted by Crippen LogP contribution is -2.53. The van der Waals surface area contributed by atoms with Gasteiger partial charge in [-0.25, -0.2) is 0 Å². The number of piperidine rings is 1. The summed E-state index contributed by atoms with van der Waals surface area (Å²) in [6.45, 7) is 14.1. The third kappa shape index (κ3) is 3.00. The van der Waals surface area contributed by atoms with E-state index in [1.165, 1.54) is 12.0 Å². The van der Waals surface area contributed by atoms with Crippen LogP contribution in [0.4, 0.5) is 0 Å². The standard InChI is InChI=1S/C15H27N3O/c1-6-16-15-7-8-18(12(4)10(15)2)9-14-11(3)17-19-13(14)5/h10,12,15-16H,6-9H2,1-5H3. The molecule has 4 heteroatoms. The minimum Gasteiger partial charge on any atom is -0.361 e. The Morgan fingerprint density at radius 3 is 2.68 bits per heavy atom. The minimum absolute atomic E-state index is 0.589. The summed E-state index contributed by atoms with van der Waals surface area (Å²) in [5.74, 6) is 1.64. The Bertz CT molecular complexity index is 396. The molecule has 108 valence electrons. The van der Waals surface area contributed by atoms with Crippen LogP contribution in [-0.2, 0) is 6.54 Å². The van der Waals surface area contributed by atoms with E-state index in [4.69, 9.17) is 4.52 Å². The van der Waals surface area contributed by atoms with Gasteiger partial charge in [0.2, 0.25) is 0 Å². The first-order valence-corrected chi connectivity index (χ1v) is 7.43. The van der Waals surface area contributed by atoms with Crippen LogP contribution in [0.2, 0.25) is 0 Å².